The van der Waals surface area contributed by atoms with Gasteiger partial charge in [-0.25, -0.2) is 14.8 Å². The molecular weight excluding hydrogens is 398 g/mol. The molecule has 1 aromatic heterocycles. The maximum atomic E-state index is 13.2. The van der Waals surface area contributed by atoms with Crippen LogP contribution in [-0.4, -0.2) is 27.1 Å². The Morgan fingerprint density at radius 2 is 1.77 bits per heavy atom. The summed E-state index contributed by atoms with van der Waals surface area (Å²) < 4.78 is 0. The normalized spacial score (nSPS) is 16.4. The second-order valence-electron chi connectivity index (χ2n) is 6.55. The smallest absolute Gasteiger partial charge is 0.335 e. The molecule has 1 amide bonds. The molecule has 0 atom stereocenters. The number of amides is 1. The molecule has 1 saturated heterocycles. The van der Waals surface area contributed by atoms with Crippen molar-refractivity contribution in [1.82, 2.24) is 4.98 Å². The van der Waals surface area contributed by atoms with E-state index in [0.717, 1.165) is 11.3 Å². The first kappa shape index (κ1) is 19.6. The SMILES string of the molecule is Cc1cccc(/N=C2/S/C(=C\c3ccc(C(=O)O)cc3)C(=O)N2c2ccccc2)n1. The molecule has 0 radical (unpaired) electrons. The van der Waals surface area contributed by atoms with Crippen LogP contribution >= 0.6 is 11.8 Å². The Labute approximate surface area is 177 Å². The predicted octanol–water partition coefficient (Wildman–Crippen LogP) is 4.90. The number of benzene rings is 2. The summed E-state index contributed by atoms with van der Waals surface area (Å²) in [5.41, 5.74) is 2.48. The summed E-state index contributed by atoms with van der Waals surface area (Å²) >= 11 is 1.26. The third kappa shape index (κ3) is 4.16. The molecule has 4 rings (SSSR count). The summed E-state index contributed by atoms with van der Waals surface area (Å²) in [6.07, 6.45) is 1.74. The maximum Gasteiger partial charge on any atom is 0.335 e. The van der Waals surface area contributed by atoms with Crippen molar-refractivity contribution in [2.24, 2.45) is 4.99 Å². The van der Waals surface area contributed by atoms with E-state index in [2.05, 4.69) is 9.98 Å². The number of amidine groups is 1. The van der Waals surface area contributed by atoms with Gasteiger partial charge in [0.15, 0.2) is 11.0 Å². The number of nitrogens with zero attached hydrogens (tertiary/aromatic N) is 3. The maximum absolute atomic E-state index is 13.2. The van der Waals surface area contributed by atoms with E-state index in [4.69, 9.17) is 5.11 Å². The van der Waals surface area contributed by atoms with Crippen LogP contribution in [0.15, 0.2) is 82.7 Å². The molecule has 2 heterocycles. The number of aromatic nitrogens is 1. The first-order valence-corrected chi connectivity index (χ1v) is 9.98. The van der Waals surface area contributed by atoms with Crippen LogP contribution in [0.4, 0.5) is 11.5 Å². The Balaban J connectivity index is 1.74. The van der Waals surface area contributed by atoms with Gasteiger partial charge in [-0.2, -0.15) is 0 Å². The van der Waals surface area contributed by atoms with Crippen LogP contribution in [0, 0.1) is 6.92 Å². The summed E-state index contributed by atoms with van der Waals surface area (Å²) in [6.45, 7) is 1.89. The second-order valence-corrected chi connectivity index (χ2v) is 7.55. The van der Waals surface area contributed by atoms with E-state index in [1.807, 2.05) is 49.4 Å². The number of carboxylic acid groups (broad SMARTS) is 1. The number of aliphatic imine (C=N–C) groups is 1. The molecule has 1 aliphatic heterocycles. The number of carbonyl (C=O) groups is 2. The van der Waals surface area contributed by atoms with Crippen LogP contribution < -0.4 is 4.90 Å². The van der Waals surface area contributed by atoms with E-state index < -0.39 is 5.97 Å². The van der Waals surface area contributed by atoms with Gasteiger partial charge in [0.05, 0.1) is 16.2 Å². The van der Waals surface area contributed by atoms with E-state index in [-0.39, 0.29) is 11.5 Å². The Morgan fingerprint density at radius 3 is 2.43 bits per heavy atom. The lowest BCUT2D eigenvalue weighted by molar-refractivity contribution is -0.113. The first-order valence-electron chi connectivity index (χ1n) is 9.16. The van der Waals surface area contributed by atoms with Crippen LogP contribution in [0.2, 0.25) is 0 Å². The number of para-hydroxylation sites is 1. The number of thioether (sulfide) groups is 1. The molecule has 0 unspecified atom stereocenters. The molecule has 1 fully saturated rings. The third-order valence-corrected chi connectivity index (χ3v) is 5.33. The molecule has 0 saturated carbocycles. The molecule has 6 nitrogen and oxygen atoms in total. The van der Waals surface area contributed by atoms with Crippen LogP contribution in [0.1, 0.15) is 21.6 Å². The van der Waals surface area contributed by atoms with E-state index >= 15 is 0 Å². The molecule has 1 aliphatic rings. The minimum Gasteiger partial charge on any atom is -0.478 e. The average molecular weight is 415 g/mol. The minimum absolute atomic E-state index is 0.195. The number of carbonyl (C=O) groups excluding carboxylic acids is 1. The molecule has 3 aromatic rings. The summed E-state index contributed by atoms with van der Waals surface area (Å²) in [6, 6.07) is 21.2. The van der Waals surface area contributed by atoms with Gasteiger partial charge in [-0.1, -0.05) is 36.4 Å². The van der Waals surface area contributed by atoms with E-state index in [1.54, 1.807) is 29.2 Å². The van der Waals surface area contributed by atoms with Crippen molar-refractivity contribution in [3.63, 3.8) is 0 Å². The lowest BCUT2D eigenvalue weighted by atomic mass is 10.1. The van der Waals surface area contributed by atoms with Crippen molar-refractivity contribution < 1.29 is 14.7 Å². The number of rotatable bonds is 4. The second kappa shape index (κ2) is 8.34. The zero-order valence-corrected chi connectivity index (χ0v) is 16.8. The Kier molecular flexibility index (Phi) is 5.45. The summed E-state index contributed by atoms with van der Waals surface area (Å²) in [5.74, 6) is -0.658. The van der Waals surface area contributed by atoms with Gasteiger partial charge in [0.1, 0.15) is 0 Å². The predicted molar refractivity (Wildman–Crippen MR) is 119 cm³/mol. The molecule has 148 valence electrons. The molecule has 2 aromatic carbocycles. The van der Waals surface area contributed by atoms with Crippen LogP contribution in [0.25, 0.3) is 6.08 Å². The number of pyridine rings is 1. The number of carboxylic acids is 1. The zero-order chi connectivity index (χ0) is 21.1. The monoisotopic (exact) mass is 415 g/mol. The average Bonchev–Trinajstić information content (AvgIpc) is 3.03. The topological polar surface area (TPSA) is 82.9 Å². The van der Waals surface area contributed by atoms with E-state index in [1.165, 1.54) is 23.9 Å². The number of hydrogen-bond donors (Lipinski definition) is 1. The first-order chi connectivity index (χ1) is 14.5. The molecule has 30 heavy (non-hydrogen) atoms. The van der Waals surface area contributed by atoms with Crippen molar-refractivity contribution in [2.45, 2.75) is 6.92 Å². The van der Waals surface area contributed by atoms with Crippen LogP contribution in [0.5, 0.6) is 0 Å². The minimum atomic E-state index is -0.990. The van der Waals surface area contributed by atoms with Crippen molar-refractivity contribution >= 4 is 46.4 Å². The fraction of sp³-hybridized carbons (Fsp3) is 0.0435. The molecule has 1 N–H and O–H groups in total. The number of aryl methyl sites for hydroxylation is 1. The molecule has 7 heteroatoms. The highest BCUT2D eigenvalue weighted by Crippen LogP contribution is 2.37. The third-order valence-electron chi connectivity index (χ3n) is 4.36. The Morgan fingerprint density at radius 1 is 1.03 bits per heavy atom. The number of aromatic carboxylic acids is 1. The van der Waals surface area contributed by atoms with Crippen LogP contribution in [0.3, 0.4) is 0 Å². The van der Waals surface area contributed by atoms with Crippen molar-refractivity contribution in [3.8, 4) is 0 Å². The zero-order valence-electron chi connectivity index (χ0n) is 16.0. The largest absolute Gasteiger partial charge is 0.478 e. The fourth-order valence-corrected chi connectivity index (χ4v) is 3.90. The Hall–Kier alpha value is -3.71. The van der Waals surface area contributed by atoms with Gasteiger partial charge in [-0.05, 0) is 66.7 Å². The van der Waals surface area contributed by atoms with Gasteiger partial charge in [0, 0.05) is 5.69 Å². The van der Waals surface area contributed by atoms with Gasteiger partial charge in [0.25, 0.3) is 5.91 Å². The van der Waals surface area contributed by atoms with Crippen molar-refractivity contribution in [1.29, 1.82) is 0 Å². The van der Waals surface area contributed by atoms with Gasteiger partial charge >= 0.3 is 5.97 Å². The molecule has 0 aliphatic carbocycles. The van der Waals surface area contributed by atoms with Gasteiger partial charge < -0.3 is 5.11 Å². The standard InChI is InChI=1S/C23H17N3O3S/c1-15-6-5-9-20(24-15)25-23-26(18-7-3-2-4-8-18)21(27)19(30-23)14-16-10-12-17(13-11-16)22(28)29/h2-14H,1H3,(H,28,29)/b19-14-,25-23+. The highest BCUT2D eigenvalue weighted by molar-refractivity contribution is 8.19. The van der Waals surface area contributed by atoms with E-state index in [0.29, 0.717) is 21.6 Å². The van der Waals surface area contributed by atoms with Crippen molar-refractivity contribution in [2.75, 3.05) is 4.90 Å². The molecular formula is C23H17N3O3S. The van der Waals surface area contributed by atoms with Gasteiger partial charge in [-0.15, -0.1) is 0 Å². The summed E-state index contributed by atoms with van der Waals surface area (Å²) in [5, 5.41) is 9.57. The quantitative estimate of drug-likeness (QED) is 0.613. The fourth-order valence-electron chi connectivity index (χ4n) is 2.92. The lowest BCUT2D eigenvalue weighted by Crippen LogP contribution is -2.28. The van der Waals surface area contributed by atoms with E-state index in [9.17, 15) is 9.59 Å². The van der Waals surface area contributed by atoms with Gasteiger partial charge in [-0.3, -0.25) is 9.69 Å². The van der Waals surface area contributed by atoms with Crippen LogP contribution in [-0.2, 0) is 4.79 Å². The summed E-state index contributed by atoms with van der Waals surface area (Å²) in [7, 11) is 0. The highest BCUT2D eigenvalue weighted by Gasteiger charge is 2.34. The molecule has 0 spiro atoms. The lowest BCUT2D eigenvalue weighted by Gasteiger charge is -2.15. The van der Waals surface area contributed by atoms with Gasteiger partial charge in [0.2, 0.25) is 0 Å². The number of hydrogen-bond acceptors (Lipinski definition) is 5. The molecule has 0 bridgehead atoms. The highest BCUT2D eigenvalue weighted by atomic mass is 32.2. The number of anilines is 1. The summed E-state index contributed by atoms with van der Waals surface area (Å²) in [4.78, 5) is 35.3. The Bertz CT molecular complexity index is 1170. The van der Waals surface area contributed by atoms with Crippen molar-refractivity contribution in [3.05, 3.63) is 94.5 Å².